The molecule has 0 unspecified atom stereocenters. The summed E-state index contributed by atoms with van der Waals surface area (Å²) in [5.74, 6) is -2.79. The minimum absolute atomic E-state index is 0. The van der Waals surface area contributed by atoms with Crippen LogP contribution in [0, 0.1) is 23.3 Å². The average molecular weight is 1910 g/mol. The zero-order valence-electron chi connectivity index (χ0n) is 71.9. The van der Waals surface area contributed by atoms with Gasteiger partial charge in [-0.05, 0) is 195 Å². The fraction of sp³-hybridized carbons (Fsp3) is 0.342. The number of amides is 4. The van der Waals surface area contributed by atoms with E-state index in [0.29, 0.717) is 67.6 Å². The van der Waals surface area contributed by atoms with Crippen molar-refractivity contribution < 1.29 is 247 Å². The molecule has 0 aliphatic heterocycles. The summed E-state index contributed by atoms with van der Waals surface area (Å²) in [6.45, 7) is 24.3. The van der Waals surface area contributed by atoms with Gasteiger partial charge in [-0.3, -0.25) is 30.9 Å². The number of esters is 2. The molecule has 4 aromatic heterocycles. The summed E-state index contributed by atoms with van der Waals surface area (Å²) in [6.07, 6.45) is 10.7. The van der Waals surface area contributed by atoms with Crippen molar-refractivity contribution in [1.82, 2.24) is 39.9 Å². The summed E-state index contributed by atoms with van der Waals surface area (Å²) in [7, 11) is 0. The van der Waals surface area contributed by atoms with E-state index in [0.717, 1.165) is 0 Å². The molecule has 122 heavy (non-hydrogen) atoms. The number of carbonyl (C=O) groups excluding carboxylic acids is 8. The Balaban J connectivity index is -0.000000470. The third-order valence-corrected chi connectivity index (χ3v) is 15.0. The number of aliphatic hydroxyl groups is 1. The summed E-state index contributed by atoms with van der Waals surface area (Å²) < 4.78 is 103. The summed E-state index contributed by atoms with van der Waals surface area (Å²) >= 11 is 9.57. The SMILES string of the molecule is CC(C)(C)OC(=O)Nc1ccc(F)c(N)c1.CCOC(=O)c1cnc(SC)nc1Cl.CCOC(=O)c1cnc(SC)nc1Nc1cc(NC(=O)OC(C)(C)C)ccc1F.CSc1ncc(C=O)c(Nc2cc(NC(=O)OC(C)(C)C)ccc2F)n1.CSc1ncc(CO)c(Nc2cc(NC(=O)OC(C)(C)C)ccc2F)n1.O=CO[O-].[AlH3].[H-].[H-].[K+].[K+].[Li+].[O]=[Mn]=[O]. The molecule has 0 saturated heterocycles. The average Bonchev–Trinajstić information content (AvgIpc) is 0.828. The molecule has 8 aromatic rings. The fourth-order valence-corrected chi connectivity index (χ4v) is 9.49. The van der Waals surface area contributed by atoms with Crippen LogP contribution in [0.4, 0.5) is 99.7 Å². The first kappa shape index (κ1) is 120. The van der Waals surface area contributed by atoms with E-state index in [2.05, 4.69) is 82.0 Å². The van der Waals surface area contributed by atoms with Gasteiger partial charge in [-0.1, -0.05) is 58.6 Å². The van der Waals surface area contributed by atoms with Gasteiger partial charge in [-0.25, -0.2) is 86.2 Å². The number of nitrogens with zero attached hydrogens (tertiary/aromatic N) is 8. The van der Waals surface area contributed by atoms with E-state index in [-0.39, 0.29) is 218 Å². The van der Waals surface area contributed by atoms with Crippen LogP contribution in [0.25, 0.3) is 0 Å². The number of thioether (sulfide) groups is 4. The second-order valence-corrected chi connectivity index (χ2v) is 29.9. The van der Waals surface area contributed by atoms with E-state index in [1.54, 1.807) is 109 Å². The number of hydrogen-bond donors (Lipinski definition) is 9. The summed E-state index contributed by atoms with van der Waals surface area (Å²) in [4.78, 5) is 125. The van der Waals surface area contributed by atoms with Crippen LogP contribution in [0.1, 0.15) is 136 Å². The molecule has 0 aliphatic carbocycles. The molecule has 0 bridgehead atoms. The van der Waals surface area contributed by atoms with Crippen LogP contribution in [0.15, 0.2) is 118 Å². The van der Waals surface area contributed by atoms with Crippen LogP contribution >= 0.6 is 58.6 Å². The topological polar surface area (TPSA) is 492 Å². The van der Waals surface area contributed by atoms with E-state index >= 15 is 0 Å². The van der Waals surface area contributed by atoms with E-state index in [9.17, 15) is 56.2 Å². The van der Waals surface area contributed by atoms with Crippen molar-refractivity contribution >= 4 is 188 Å². The maximum atomic E-state index is 14.4. The van der Waals surface area contributed by atoms with Gasteiger partial charge in [0.1, 0.15) is 79.4 Å². The Hall–Kier alpha value is -6.59. The number of anilines is 11. The molecule has 0 atom stereocenters. The number of nitrogen functional groups attached to an aromatic ring is 1. The Kier molecular flexibility index (Phi) is 59.7. The van der Waals surface area contributed by atoms with Crippen molar-refractivity contribution in [3.63, 3.8) is 0 Å². The van der Waals surface area contributed by atoms with Crippen LogP contribution in [-0.2, 0) is 67.2 Å². The molecule has 4 aromatic carbocycles. The molecular formula is C73H93AlClF4K2LiMnN16O19S4. The predicted octanol–water partition coefficient (Wildman–Crippen LogP) is 5.80. The summed E-state index contributed by atoms with van der Waals surface area (Å²) in [5, 5.41) is 38.3. The van der Waals surface area contributed by atoms with Crippen molar-refractivity contribution in [1.29, 1.82) is 0 Å². The summed E-state index contributed by atoms with van der Waals surface area (Å²) in [5.41, 5.74) is 5.21. The van der Waals surface area contributed by atoms with Gasteiger partial charge in [0.05, 0.1) is 48.1 Å². The van der Waals surface area contributed by atoms with Gasteiger partial charge in [-0.2, -0.15) is 0 Å². The van der Waals surface area contributed by atoms with Crippen molar-refractivity contribution in [2.45, 2.75) is 147 Å². The number of aromatic nitrogens is 8. The first-order chi connectivity index (χ1) is 55.3. The Morgan fingerprint density at radius 3 is 1.12 bits per heavy atom. The minimum atomic E-state index is -1.44. The molecule has 4 heterocycles. The molecule has 49 heteroatoms. The molecule has 10 N–H and O–H groups in total. The van der Waals surface area contributed by atoms with Gasteiger partial charge in [0.25, 0.3) is 6.47 Å². The van der Waals surface area contributed by atoms with Crippen molar-refractivity contribution in [2.75, 3.05) is 81.2 Å². The van der Waals surface area contributed by atoms with Crippen molar-refractivity contribution in [2.24, 2.45) is 0 Å². The van der Waals surface area contributed by atoms with Crippen LogP contribution < -0.4 is 170 Å². The number of aliphatic hydroxyl groups excluding tert-OH is 1. The number of nitrogens with one attached hydrogen (secondary N) is 7. The number of hydrogen-bond acceptors (Lipinski definition) is 35. The van der Waals surface area contributed by atoms with E-state index in [4.69, 9.17) is 63.5 Å². The number of halogens is 5. The third kappa shape index (κ3) is 48.2. The van der Waals surface area contributed by atoms with Gasteiger partial charge in [0.2, 0.25) is 0 Å². The number of rotatable bonds is 21. The predicted molar refractivity (Wildman–Crippen MR) is 443 cm³/mol. The number of ether oxygens (including phenoxy) is 6. The van der Waals surface area contributed by atoms with E-state index in [1.807, 2.05) is 12.5 Å². The Morgan fingerprint density at radius 2 is 0.803 bits per heavy atom. The Morgan fingerprint density at radius 1 is 0.508 bits per heavy atom. The van der Waals surface area contributed by atoms with Crippen molar-refractivity contribution in [3.8, 4) is 0 Å². The monoisotopic (exact) mass is 1900 g/mol. The van der Waals surface area contributed by atoms with Gasteiger partial charge in [0.15, 0.2) is 44.3 Å². The number of carbonyl (C=O) groups is 8. The zero-order chi connectivity index (χ0) is 89.3. The third-order valence-electron chi connectivity index (χ3n) is 12.4. The second-order valence-electron chi connectivity index (χ2n) is 26.2. The van der Waals surface area contributed by atoms with E-state index < -0.39 is 96.8 Å². The molecule has 0 aliphatic rings. The molecule has 35 nitrogen and oxygen atoms in total. The van der Waals surface area contributed by atoms with Crippen LogP contribution in [0.3, 0.4) is 0 Å². The quantitative estimate of drug-likeness (QED) is 0.00351. The Labute approximate surface area is 840 Å². The molecule has 0 spiro atoms. The van der Waals surface area contributed by atoms with Gasteiger partial charge < -0.3 is 68.2 Å². The first-order valence-electron chi connectivity index (χ1n) is 33.9. The number of nitrogens with two attached hydrogens (primary N) is 1. The molecule has 0 saturated carbocycles. The zero-order valence-corrected chi connectivity index (χ0v) is 81.3. The van der Waals surface area contributed by atoms with Crippen LogP contribution in [0.2, 0.25) is 5.15 Å². The van der Waals surface area contributed by atoms with Gasteiger partial charge >= 0.3 is 180 Å². The van der Waals surface area contributed by atoms with Gasteiger partial charge in [0, 0.05) is 53.1 Å². The first-order valence-corrected chi connectivity index (χ1v) is 40.1. The second kappa shape index (κ2) is 60.9. The van der Waals surface area contributed by atoms with Gasteiger partial charge in [-0.15, -0.1) is 0 Å². The standard InChI is InChI=1S/C19H23FN4O4S.C17H21FN4O3S.C17H19FN4O3S.C11H15FN2O2.C8H9ClN2O2S.CH2O3.Al.2K.Li.Mn.2O.5H/c1-6-27-16(25)12-10-21-17(29-5)24-15(12)23-14-9-11(7-8-13(14)20)22-18(26)28-19(2,3)4;2*1-17(2,3)25-16(24)20-11-5-6-12(18)13(7-11)21-14-10(9-23)8-19-15(22-14)26-4;1-11(2,3)16-10(15)14-7-4-5-8(12)9(13)6-7;1-3-13-7(12)5-4-10-8(14-2)11-6(5)9;2-1-4-3;;;;;;;;;;;;/h7-10H,6H2,1-5H3,(H,22,26)(H,21,23,24);5-8,23H,9H2,1-4H3,(H,20,24)(H,19,21,22);5-9H,1-4H3,(H,20,24)(H,19,21,22);4-6H,13H2,1-3H3,(H,14,15);4H,3H2,1-2H3;1,3H;;;;;;;;;;;;/q;;;;;;;3*+1;;;;;;;2*-1/p-1. The molecule has 8 rings (SSSR count). The van der Waals surface area contributed by atoms with Crippen LogP contribution in [-0.4, -0.2) is 172 Å². The number of aldehydes is 1. The van der Waals surface area contributed by atoms with Crippen LogP contribution in [0.5, 0.6) is 0 Å². The molecular weight excluding hydrogens is 1810 g/mol. The molecule has 651 valence electrons. The maximum absolute atomic E-state index is 14.4. The molecule has 4 amide bonds. The normalized spacial score (nSPS) is 10.2. The Bertz CT molecular complexity index is 4790. The van der Waals surface area contributed by atoms with Crippen molar-refractivity contribution in [3.05, 3.63) is 148 Å². The summed E-state index contributed by atoms with van der Waals surface area (Å²) in [6, 6.07) is 15.9. The fourth-order valence-electron chi connectivity index (χ4n) is 7.87. The molecule has 0 fully saturated rings. The van der Waals surface area contributed by atoms with E-state index in [1.165, 1.54) is 145 Å². The number of benzene rings is 4. The molecule has 0 radical (unpaired) electrons.